The van der Waals surface area contributed by atoms with Gasteiger partial charge in [0.2, 0.25) is 0 Å². The van der Waals surface area contributed by atoms with Crippen molar-refractivity contribution in [2.45, 2.75) is 17.5 Å². The van der Waals surface area contributed by atoms with Gasteiger partial charge in [0.15, 0.2) is 0 Å². The molecule has 0 N–H and O–H groups in total. The van der Waals surface area contributed by atoms with Crippen LogP contribution in [-0.4, -0.2) is 26.8 Å². The number of benzene rings is 2. The molecular formula is C15H16O2Sn. The van der Waals surface area contributed by atoms with Gasteiger partial charge in [0, 0.05) is 0 Å². The van der Waals surface area contributed by atoms with Gasteiger partial charge in [0.25, 0.3) is 0 Å². The van der Waals surface area contributed by atoms with Gasteiger partial charge in [-0.2, -0.15) is 0 Å². The molecule has 0 aliphatic rings. The zero-order chi connectivity index (χ0) is 12.6. The zero-order valence-electron chi connectivity index (χ0n) is 10.2. The summed E-state index contributed by atoms with van der Waals surface area (Å²) in [7, 11) is 0. The zero-order valence-corrected chi connectivity index (χ0v) is 13.5. The molecular weight excluding hydrogens is 331 g/mol. The molecule has 2 aromatic rings. The Labute approximate surface area is 121 Å². The predicted octanol–water partition coefficient (Wildman–Crippen LogP) is 2.60. The number of rotatable bonds is 6. The molecule has 0 bridgehead atoms. The van der Waals surface area contributed by atoms with Crippen molar-refractivity contribution in [1.29, 1.82) is 0 Å². The van der Waals surface area contributed by atoms with Crippen LogP contribution in [0.5, 0.6) is 0 Å². The van der Waals surface area contributed by atoms with E-state index >= 15 is 0 Å². The van der Waals surface area contributed by atoms with E-state index in [0.717, 1.165) is 22.5 Å². The first-order valence-electron chi connectivity index (χ1n) is 5.91. The van der Waals surface area contributed by atoms with E-state index in [0.29, 0.717) is 13.2 Å². The molecule has 0 saturated carbocycles. The third-order valence-electron chi connectivity index (χ3n) is 2.51. The van der Waals surface area contributed by atoms with Gasteiger partial charge >= 0.3 is 121 Å². The number of hydrogen-bond acceptors (Lipinski definition) is 2. The Morgan fingerprint density at radius 2 is 1.11 bits per heavy atom. The van der Waals surface area contributed by atoms with Crippen molar-refractivity contribution >= 4 is 22.5 Å². The summed E-state index contributed by atoms with van der Waals surface area (Å²) < 4.78 is 11.3. The Balaban J connectivity index is 1.71. The molecule has 2 aromatic carbocycles. The van der Waals surface area contributed by atoms with Crippen molar-refractivity contribution in [2.24, 2.45) is 0 Å². The van der Waals surface area contributed by atoms with Crippen LogP contribution in [0.2, 0.25) is 0 Å². The number of ether oxygens (including phenoxy) is 2. The van der Waals surface area contributed by atoms with Gasteiger partial charge in [-0.05, 0) is 0 Å². The van der Waals surface area contributed by atoms with Gasteiger partial charge in [-0.1, -0.05) is 0 Å². The van der Waals surface area contributed by atoms with E-state index in [9.17, 15) is 0 Å². The van der Waals surface area contributed by atoms with E-state index in [1.54, 1.807) is 0 Å². The molecule has 0 saturated heterocycles. The van der Waals surface area contributed by atoms with E-state index < -0.39 is 0 Å². The normalized spacial score (nSPS) is 10.8. The van der Waals surface area contributed by atoms with Gasteiger partial charge in [0.1, 0.15) is 0 Å². The minimum atomic E-state index is -0.0733. The van der Waals surface area contributed by atoms with Crippen LogP contribution in [0.3, 0.4) is 0 Å². The molecule has 0 amide bonds. The van der Waals surface area contributed by atoms with Gasteiger partial charge in [0.05, 0.1) is 0 Å². The first-order valence-corrected chi connectivity index (χ1v) is 7.81. The Morgan fingerprint density at radius 1 is 0.722 bits per heavy atom. The molecule has 2 radical (unpaired) electrons. The summed E-state index contributed by atoms with van der Waals surface area (Å²) in [6.07, 6.45) is 0. The molecule has 0 aromatic heterocycles. The van der Waals surface area contributed by atoms with Crippen LogP contribution in [0.15, 0.2) is 60.7 Å². The molecule has 0 spiro atoms. The first-order chi connectivity index (χ1) is 8.84. The molecule has 0 aliphatic carbocycles. The molecule has 0 fully saturated rings. The second kappa shape index (κ2) is 7.56. The molecule has 2 nitrogen and oxygen atoms in total. The standard InChI is InChI=1S/C15H15O2.Sn.H/c1-3-7-14(8-4-1)11-16-13-17-12-15-9-5-2-6-10-15;;/h1-10,13H,11-12H2;;. The van der Waals surface area contributed by atoms with E-state index in [1.165, 1.54) is 11.1 Å². The third-order valence-corrected chi connectivity index (χ3v) is 3.61. The summed E-state index contributed by atoms with van der Waals surface area (Å²) in [5.41, 5.74) is 2.36. The second-order valence-electron chi connectivity index (χ2n) is 3.96. The van der Waals surface area contributed by atoms with Crippen molar-refractivity contribution in [3.8, 4) is 0 Å². The molecule has 92 valence electrons. The summed E-state index contributed by atoms with van der Waals surface area (Å²) in [6.45, 7) is 1.23. The van der Waals surface area contributed by atoms with Crippen molar-refractivity contribution in [2.75, 3.05) is 0 Å². The monoisotopic (exact) mass is 348 g/mol. The van der Waals surface area contributed by atoms with E-state index in [-0.39, 0.29) is 4.31 Å². The van der Waals surface area contributed by atoms with Gasteiger partial charge in [-0.3, -0.25) is 0 Å². The molecule has 0 atom stereocenters. The van der Waals surface area contributed by atoms with Crippen LogP contribution in [0.1, 0.15) is 11.1 Å². The maximum absolute atomic E-state index is 5.69. The number of hydrogen-bond donors (Lipinski definition) is 0. The van der Waals surface area contributed by atoms with Crippen molar-refractivity contribution < 1.29 is 9.47 Å². The van der Waals surface area contributed by atoms with Gasteiger partial charge in [-0.25, -0.2) is 0 Å². The fraction of sp³-hybridized carbons (Fsp3) is 0.200. The summed E-state index contributed by atoms with van der Waals surface area (Å²) in [4.78, 5) is 0. The fourth-order valence-corrected chi connectivity index (χ4v) is 2.10. The average molecular weight is 347 g/mol. The molecule has 0 unspecified atom stereocenters. The quantitative estimate of drug-likeness (QED) is 0.591. The Hall–Kier alpha value is -0.841. The first kappa shape index (κ1) is 13.6. The summed E-state index contributed by atoms with van der Waals surface area (Å²) in [5, 5.41) is 0. The van der Waals surface area contributed by atoms with E-state index in [2.05, 4.69) is 24.3 Å². The Bertz CT molecular complexity index is 401. The van der Waals surface area contributed by atoms with Gasteiger partial charge in [-0.15, -0.1) is 0 Å². The average Bonchev–Trinajstić information content (AvgIpc) is 2.45. The molecule has 0 heterocycles. The summed E-state index contributed by atoms with van der Waals surface area (Å²) in [6, 6.07) is 20.3. The van der Waals surface area contributed by atoms with Crippen LogP contribution in [0, 0.1) is 0 Å². The minimum absolute atomic E-state index is 0.0733. The van der Waals surface area contributed by atoms with Gasteiger partial charge < -0.3 is 0 Å². The van der Waals surface area contributed by atoms with Crippen LogP contribution >= 0.6 is 0 Å². The molecule has 2 rings (SSSR count). The van der Waals surface area contributed by atoms with Crippen molar-refractivity contribution in [1.82, 2.24) is 0 Å². The van der Waals surface area contributed by atoms with Crippen molar-refractivity contribution in [3.05, 3.63) is 71.8 Å². The SMILES string of the molecule is [SnH][CH](OCc1ccccc1)OCc1ccccc1. The van der Waals surface area contributed by atoms with Crippen LogP contribution in [-0.2, 0) is 22.7 Å². The van der Waals surface area contributed by atoms with E-state index in [4.69, 9.17) is 9.47 Å². The van der Waals surface area contributed by atoms with Crippen LogP contribution in [0.4, 0.5) is 0 Å². The fourth-order valence-electron chi connectivity index (χ4n) is 1.55. The Kier molecular flexibility index (Phi) is 5.71. The summed E-state index contributed by atoms with van der Waals surface area (Å²) in [5.74, 6) is 0. The second-order valence-corrected chi connectivity index (χ2v) is 5.52. The summed E-state index contributed by atoms with van der Waals surface area (Å²) >= 11 is 0.934. The predicted molar refractivity (Wildman–Crippen MR) is 73.4 cm³/mol. The molecule has 18 heavy (non-hydrogen) atoms. The maximum atomic E-state index is 5.69. The molecule has 0 aliphatic heterocycles. The van der Waals surface area contributed by atoms with Crippen molar-refractivity contribution in [3.63, 3.8) is 0 Å². The van der Waals surface area contributed by atoms with Crippen LogP contribution < -0.4 is 0 Å². The topological polar surface area (TPSA) is 18.5 Å². The molecule has 3 heteroatoms. The Morgan fingerprint density at radius 3 is 1.50 bits per heavy atom. The third kappa shape index (κ3) is 4.80. The van der Waals surface area contributed by atoms with E-state index in [1.807, 2.05) is 36.4 Å². The van der Waals surface area contributed by atoms with Crippen LogP contribution in [0.25, 0.3) is 0 Å².